The lowest BCUT2D eigenvalue weighted by Gasteiger charge is -2.30. The lowest BCUT2D eigenvalue weighted by molar-refractivity contribution is -0.140. The van der Waals surface area contributed by atoms with E-state index in [0.717, 1.165) is 34.2 Å². The zero-order chi connectivity index (χ0) is 21.6. The van der Waals surface area contributed by atoms with Gasteiger partial charge in [-0.25, -0.2) is 0 Å². The predicted molar refractivity (Wildman–Crippen MR) is 119 cm³/mol. The molecule has 1 N–H and O–H groups in total. The van der Waals surface area contributed by atoms with Crippen LogP contribution in [0.2, 0.25) is 0 Å². The highest BCUT2D eigenvalue weighted by Gasteiger charge is 2.27. The minimum absolute atomic E-state index is 0.0370. The molecule has 2 aromatic rings. The number of benzene rings is 2. The third-order valence-corrected chi connectivity index (χ3v) is 5.41. The summed E-state index contributed by atoms with van der Waals surface area (Å²) in [5, 5.41) is 3.01. The van der Waals surface area contributed by atoms with Crippen LogP contribution in [0.15, 0.2) is 42.5 Å². The smallest absolute Gasteiger partial charge is 0.242 e. The summed E-state index contributed by atoms with van der Waals surface area (Å²) in [6.07, 6.45) is 1.14. The van der Waals surface area contributed by atoms with Crippen LogP contribution in [-0.4, -0.2) is 28.8 Å². The number of amides is 2. The molecule has 0 heterocycles. The summed E-state index contributed by atoms with van der Waals surface area (Å²) in [6.45, 7) is 12.4. The second-order valence-electron chi connectivity index (χ2n) is 8.11. The quantitative estimate of drug-likeness (QED) is 0.717. The molecule has 2 atom stereocenters. The number of hydrogen-bond donors (Lipinski definition) is 1. The molecule has 0 aliphatic rings. The minimum atomic E-state index is -0.540. The molecule has 2 rings (SSSR count). The van der Waals surface area contributed by atoms with Crippen LogP contribution in [0.5, 0.6) is 0 Å². The predicted octanol–water partition coefficient (Wildman–Crippen LogP) is 4.49. The number of nitrogens with zero attached hydrogens (tertiary/aromatic N) is 1. The molecule has 0 saturated heterocycles. The van der Waals surface area contributed by atoms with Crippen molar-refractivity contribution in [2.24, 2.45) is 0 Å². The van der Waals surface area contributed by atoms with Gasteiger partial charge in [-0.2, -0.15) is 0 Å². The lowest BCUT2D eigenvalue weighted by atomic mass is 10.0. The van der Waals surface area contributed by atoms with Crippen LogP contribution < -0.4 is 5.32 Å². The highest BCUT2D eigenvalue weighted by atomic mass is 16.2. The molecule has 2 unspecified atom stereocenters. The number of nitrogens with one attached hydrogen (secondary N) is 1. The Hall–Kier alpha value is -2.62. The maximum absolute atomic E-state index is 13.3. The van der Waals surface area contributed by atoms with E-state index in [1.54, 1.807) is 4.90 Å². The van der Waals surface area contributed by atoms with Gasteiger partial charge in [0.1, 0.15) is 6.04 Å². The summed E-state index contributed by atoms with van der Waals surface area (Å²) in [4.78, 5) is 27.8. The molecule has 0 aliphatic heterocycles. The zero-order valence-corrected chi connectivity index (χ0v) is 18.6. The van der Waals surface area contributed by atoms with Gasteiger partial charge in [0.05, 0.1) is 6.42 Å². The Kier molecular flexibility index (Phi) is 8.00. The Morgan fingerprint density at radius 2 is 1.62 bits per heavy atom. The first-order chi connectivity index (χ1) is 13.7. The number of carbonyl (C=O) groups excluding carboxylic acids is 2. The van der Waals surface area contributed by atoms with Gasteiger partial charge in [-0.05, 0) is 57.7 Å². The monoisotopic (exact) mass is 394 g/mol. The van der Waals surface area contributed by atoms with Crippen LogP contribution in [0.3, 0.4) is 0 Å². The molecule has 0 fully saturated rings. The van der Waals surface area contributed by atoms with Crippen molar-refractivity contribution in [3.63, 3.8) is 0 Å². The number of hydrogen-bond acceptors (Lipinski definition) is 2. The SMILES string of the molecule is CCC(C)NC(=O)C(C)N(Cc1ccccc1C)C(=O)Cc1cc(C)cc(C)c1. The number of carbonyl (C=O) groups is 2. The van der Waals surface area contributed by atoms with Crippen molar-refractivity contribution in [3.8, 4) is 0 Å². The van der Waals surface area contributed by atoms with Crippen molar-refractivity contribution in [1.82, 2.24) is 10.2 Å². The summed E-state index contributed by atoms with van der Waals surface area (Å²) in [5.74, 6) is -0.147. The minimum Gasteiger partial charge on any atom is -0.352 e. The first-order valence-electron chi connectivity index (χ1n) is 10.4. The van der Waals surface area contributed by atoms with E-state index in [9.17, 15) is 9.59 Å². The van der Waals surface area contributed by atoms with Gasteiger partial charge in [-0.1, -0.05) is 60.5 Å². The van der Waals surface area contributed by atoms with Crippen molar-refractivity contribution in [2.45, 2.75) is 73.0 Å². The Labute approximate surface area is 175 Å². The fourth-order valence-corrected chi connectivity index (χ4v) is 3.47. The van der Waals surface area contributed by atoms with Crippen LogP contribution in [0.1, 0.15) is 55.0 Å². The van der Waals surface area contributed by atoms with Gasteiger partial charge in [-0.3, -0.25) is 9.59 Å². The summed E-state index contributed by atoms with van der Waals surface area (Å²) in [5.41, 5.74) is 5.44. The molecule has 2 aromatic carbocycles. The molecule has 0 bridgehead atoms. The summed E-state index contributed by atoms with van der Waals surface area (Å²) in [7, 11) is 0. The highest BCUT2D eigenvalue weighted by molar-refractivity contribution is 5.88. The molecule has 0 aromatic heterocycles. The van der Waals surface area contributed by atoms with E-state index in [1.165, 1.54) is 0 Å². The summed E-state index contributed by atoms with van der Waals surface area (Å²) >= 11 is 0. The molecule has 0 saturated carbocycles. The fourth-order valence-electron chi connectivity index (χ4n) is 3.47. The van der Waals surface area contributed by atoms with Crippen LogP contribution in [0.4, 0.5) is 0 Å². The summed E-state index contributed by atoms with van der Waals surface area (Å²) < 4.78 is 0. The van der Waals surface area contributed by atoms with E-state index in [4.69, 9.17) is 0 Å². The van der Waals surface area contributed by atoms with E-state index in [1.807, 2.05) is 77.9 Å². The van der Waals surface area contributed by atoms with Gasteiger partial charge in [0.15, 0.2) is 0 Å². The van der Waals surface area contributed by atoms with Crippen molar-refractivity contribution < 1.29 is 9.59 Å². The Bertz CT molecular complexity index is 839. The van der Waals surface area contributed by atoms with E-state index >= 15 is 0 Å². The molecule has 0 aliphatic carbocycles. The highest BCUT2D eigenvalue weighted by Crippen LogP contribution is 2.17. The van der Waals surface area contributed by atoms with E-state index in [2.05, 4.69) is 11.4 Å². The maximum Gasteiger partial charge on any atom is 0.242 e. The first kappa shape index (κ1) is 22.7. The lowest BCUT2D eigenvalue weighted by Crippen LogP contribution is -2.50. The Morgan fingerprint density at radius 1 is 1.00 bits per heavy atom. The van der Waals surface area contributed by atoms with Crippen molar-refractivity contribution >= 4 is 11.8 Å². The van der Waals surface area contributed by atoms with Gasteiger partial charge < -0.3 is 10.2 Å². The molecule has 4 heteroatoms. The Balaban J connectivity index is 2.28. The van der Waals surface area contributed by atoms with Gasteiger partial charge >= 0.3 is 0 Å². The molecule has 0 radical (unpaired) electrons. The average molecular weight is 395 g/mol. The second kappa shape index (κ2) is 10.2. The van der Waals surface area contributed by atoms with E-state index in [-0.39, 0.29) is 24.3 Å². The Morgan fingerprint density at radius 3 is 2.21 bits per heavy atom. The van der Waals surface area contributed by atoms with Crippen LogP contribution >= 0.6 is 0 Å². The second-order valence-corrected chi connectivity index (χ2v) is 8.11. The van der Waals surface area contributed by atoms with Gasteiger partial charge in [0.2, 0.25) is 11.8 Å². The molecular formula is C25H34N2O2. The van der Waals surface area contributed by atoms with Crippen molar-refractivity contribution in [3.05, 3.63) is 70.3 Å². The standard InChI is InChI=1S/C25H34N2O2/c1-7-20(5)26-25(29)21(6)27(16-23-11-9-8-10-19(23)4)24(28)15-22-13-17(2)12-18(3)14-22/h8-14,20-21H,7,15-16H2,1-6H3,(H,26,29). The third-order valence-electron chi connectivity index (χ3n) is 5.41. The third kappa shape index (κ3) is 6.45. The van der Waals surface area contributed by atoms with Crippen molar-refractivity contribution in [1.29, 1.82) is 0 Å². The van der Waals surface area contributed by atoms with Gasteiger partial charge in [-0.15, -0.1) is 0 Å². The largest absolute Gasteiger partial charge is 0.352 e. The van der Waals surface area contributed by atoms with Gasteiger partial charge in [0, 0.05) is 12.6 Å². The first-order valence-corrected chi connectivity index (χ1v) is 10.4. The van der Waals surface area contributed by atoms with Crippen LogP contribution in [0.25, 0.3) is 0 Å². The number of rotatable bonds is 8. The molecular weight excluding hydrogens is 360 g/mol. The molecule has 4 nitrogen and oxygen atoms in total. The zero-order valence-electron chi connectivity index (χ0n) is 18.6. The molecule has 2 amide bonds. The maximum atomic E-state index is 13.3. The normalized spacial score (nSPS) is 12.9. The molecule has 29 heavy (non-hydrogen) atoms. The fraction of sp³-hybridized carbons (Fsp3) is 0.440. The van der Waals surface area contributed by atoms with Crippen LogP contribution in [-0.2, 0) is 22.6 Å². The summed E-state index contributed by atoms with van der Waals surface area (Å²) in [6, 6.07) is 13.7. The van der Waals surface area contributed by atoms with Crippen LogP contribution in [0, 0.1) is 20.8 Å². The molecule has 0 spiro atoms. The number of aryl methyl sites for hydroxylation is 3. The van der Waals surface area contributed by atoms with Crippen molar-refractivity contribution in [2.75, 3.05) is 0 Å². The van der Waals surface area contributed by atoms with E-state index in [0.29, 0.717) is 6.54 Å². The molecule has 156 valence electrons. The van der Waals surface area contributed by atoms with E-state index < -0.39 is 6.04 Å². The van der Waals surface area contributed by atoms with Gasteiger partial charge in [0.25, 0.3) is 0 Å². The average Bonchev–Trinajstić information content (AvgIpc) is 2.65. The topological polar surface area (TPSA) is 49.4 Å².